The maximum atomic E-state index is 13.5. The zero-order chi connectivity index (χ0) is 14.5. The number of anilines is 1. The van der Waals surface area contributed by atoms with Crippen molar-refractivity contribution in [1.82, 2.24) is 10.3 Å². The quantitative estimate of drug-likeness (QED) is 0.838. The van der Waals surface area contributed by atoms with Gasteiger partial charge in [0.05, 0.1) is 6.20 Å². The smallest absolute Gasteiger partial charge is 0.141 e. The van der Waals surface area contributed by atoms with Gasteiger partial charge in [0.1, 0.15) is 11.6 Å². The summed E-state index contributed by atoms with van der Waals surface area (Å²) in [6.07, 6.45) is 4.87. The summed E-state index contributed by atoms with van der Waals surface area (Å²) in [7, 11) is 0. The molecule has 2 rings (SSSR count). The number of nitrogens with zero attached hydrogens (tertiary/aromatic N) is 2. The van der Waals surface area contributed by atoms with E-state index in [2.05, 4.69) is 36.0 Å². The minimum Gasteiger partial charge on any atom is -0.353 e. The highest BCUT2D eigenvalue weighted by atomic mass is 19.1. The Hall–Kier alpha value is -1.16. The number of hydrogen-bond acceptors (Lipinski definition) is 3. The van der Waals surface area contributed by atoms with Gasteiger partial charge in [-0.1, -0.05) is 13.8 Å². The van der Waals surface area contributed by atoms with Crippen molar-refractivity contribution < 1.29 is 4.39 Å². The van der Waals surface area contributed by atoms with Crippen molar-refractivity contribution >= 4 is 5.82 Å². The van der Waals surface area contributed by atoms with Crippen LogP contribution in [0.3, 0.4) is 0 Å². The van der Waals surface area contributed by atoms with Crippen molar-refractivity contribution in [2.24, 2.45) is 5.92 Å². The first kappa shape index (κ1) is 15.2. The SMILES string of the molecule is CCCNCc1cc(F)cnc1N1CC(C)CCC1C. The zero-order valence-electron chi connectivity index (χ0n) is 12.8. The number of pyridine rings is 1. The van der Waals surface area contributed by atoms with E-state index in [-0.39, 0.29) is 5.82 Å². The summed E-state index contributed by atoms with van der Waals surface area (Å²) in [5.74, 6) is 1.38. The number of aromatic nitrogens is 1. The van der Waals surface area contributed by atoms with Gasteiger partial charge in [0.15, 0.2) is 0 Å². The molecule has 2 unspecified atom stereocenters. The average molecular weight is 279 g/mol. The molecule has 0 spiro atoms. The fourth-order valence-corrected chi connectivity index (χ4v) is 2.85. The van der Waals surface area contributed by atoms with Gasteiger partial charge in [0.25, 0.3) is 0 Å². The van der Waals surface area contributed by atoms with Gasteiger partial charge < -0.3 is 10.2 Å². The molecule has 1 N–H and O–H groups in total. The minimum atomic E-state index is -0.250. The molecule has 1 aromatic heterocycles. The molecule has 3 nitrogen and oxygen atoms in total. The molecule has 2 heterocycles. The molecule has 0 amide bonds. The largest absolute Gasteiger partial charge is 0.353 e. The highest BCUT2D eigenvalue weighted by molar-refractivity contribution is 5.48. The number of nitrogens with one attached hydrogen (secondary N) is 1. The fourth-order valence-electron chi connectivity index (χ4n) is 2.85. The number of rotatable bonds is 5. The van der Waals surface area contributed by atoms with Crippen LogP contribution in [-0.2, 0) is 6.54 Å². The lowest BCUT2D eigenvalue weighted by atomic mass is 9.94. The molecule has 0 bridgehead atoms. The van der Waals surface area contributed by atoms with E-state index in [1.54, 1.807) is 6.07 Å². The summed E-state index contributed by atoms with van der Waals surface area (Å²) in [4.78, 5) is 6.72. The molecule has 0 saturated carbocycles. The van der Waals surface area contributed by atoms with E-state index < -0.39 is 0 Å². The predicted octanol–water partition coefficient (Wildman–Crippen LogP) is 3.35. The third kappa shape index (κ3) is 3.69. The van der Waals surface area contributed by atoms with Crippen molar-refractivity contribution in [3.05, 3.63) is 23.6 Å². The van der Waals surface area contributed by atoms with Crippen LogP contribution in [0.15, 0.2) is 12.3 Å². The van der Waals surface area contributed by atoms with Gasteiger partial charge in [-0.15, -0.1) is 0 Å². The second-order valence-electron chi connectivity index (χ2n) is 6.00. The number of piperidine rings is 1. The van der Waals surface area contributed by atoms with E-state index in [0.717, 1.165) is 30.9 Å². The molecule has 1 aliphatic rings. The molecule has 0 radical (unpaired) electrons. The van der Waals surface area contributed by atoms with E-state index >= 15 is 0 Å². The Morgan fingerprint density at radius 2 is 2.20 bits per heavy atom. The van der Waals surface area contributed by atoms with Gasteiger partial charge in [-0.3, -0.25) is 0 Å². The summed E-state index contributed by atoms with van der Waals surface area (Å²) >= 11 is 0. The molecule has 0 aromatic carbocycles. The second-order valence-corrected chi connectivity index (χ2v) is 6.00. The minimum absolute atomic E-state index is 0.250. The molecule has 1 aliphatic heterocycles. The topological polar surface area (TPSA) is 28.2 Å². The lowest BCUT2D eigenvalue weighted by molar-refractivity contribution is 0.387. The maximum Gasteiger partial charge on any atom is 0.141 e. The average Bonchev–Trinajstić information content (AvgIpc) is 2.42. The van der Waals surface area contributed by atoms with E-state index in [9.17, 15) is 4.39 Å². The Morgan fingerprint density at radius 3 is 2.95 bits per heavy atom. The summed E-state index contributed by atoms with van der Waals surface area (Å²) in [5.41, 5.74) is 0.972. The van der Waals surface area contributed by atoms with Crippen LogP contribution in [0, 0.1) is 11.7 Å². The van der Waals surface area contributed by atoms with Gasteiger partial charge in [0.2, 0.25) is 0 Å². The first-order chi connectivity index (χ1) is 9.61. The van der Waals surface area contributed by atoms with Gasteiger partial charge >= 0.3 is 0 Å². The number of hydrogen-bond donors (Lipinski definition) is 1. The van der Waals surface area contributed by atoms with E-state index in [4.69, 9.17) is 0 Å². The molecule has 112 valence electrons. The first-order valence-electron chi connectivity index (χ1n) is 7.73. The van der Waals surface area contributed by atoms with E-state index in [0.29, 0.717) is 18.5 Å². The van der Waals surface area contributed by atoms with Crippen LogP contribution in [0.2, 0.25) is 0 Å². The Balaban J connectivity index is 2.20. The first-order valence-corrected chi connectivity index (χ1v) is 7.73. The summed E-state index contributed by atoms with van der Waals surface area (Å²) in [6.45, 7) is 9.29. The van der Waals surface area contributed by atoms with Crippen molar-refractivity contribution in [3.63, 3.8) is 0 Å². The van der Waals surface area contributed by atoms with Crippen LogP contribution in [0.4, 0.5) is 10.2 Å². The molecular weight excluding hydrogens is 253 g/mol. The molecule has 1 saturated heterocycles. The highest BCUT2D eigenvalue weighted by Crippen LogP contribution is 2.28. The Bertz CT molecular complexity index is 436. The van der Waals surface area contributed by atoms with Crippen molar-refractivity contribution in [2.45, 2.75) is 52.6 Å². The zero-order valence-corrected chi connectivity index (χ0v) is 12.8. The van der Waals surface area contributed by atoms with Gasteiger partial charge in [-0.05, 0) is 44.7 Å². The van der Waals surface area contributed by atoms with Gasteiger partial charge in [-0.2, -0.15) is 0 Å². The predicted molar refractivity (Wildman–Crippen MR) is 81.4 cm³/mol. The van der Waals surface area contributed by atoms with Crippen LogP contribution < -0.4 is 10.2 Å². The monoisotopic (exact) mass is 279 g/mol. The van der Waals surface area contributed by atoms with Gasteiger partial charge in [0, 0.05) is 24.7 Å². The molecule has 2 atom stereocenters. The van der Waals surface area contributed by atoms with Crippen LogP contribution in [0.5, 0.6) is 0 Å². The Kier molecular flexibility index (Phi) is 5.35. The van der Waals surface area contributed by atoms with Crippen LogP contribution in [-0.4, -0.2) is 24.1 Å². The summed E-state index contributed by atoms with van der Waals surface area (Å²) in [6, 6.07) is 2.10. The maximum absolute atomic E-state index is 13.5. The molecule has 1 aromatic rings. The van der Waals surface area contributed by atoms with E-state index in [1.807, 2.05) is 0 Å². The second kappa shape index (κ2) is 7.02. The standard InChI is InChI=1S/C16H26FN3/c1-4-7-18-9-14-8-15(17)10-19-16(14)20-11-12(2)5-6-13(20)3/h8,10,12-13,18H,4-7,9,11H2,1-3H3. The third-order valence-electron chi connectivity index (χ3n) is 4.04. The Labute approximate surface area is 121 Å². The van der Waals surface area contributed by atoms with Crippen LogP contribution >= 0.6 is 0 Å². The molecule has 1 fully saturated rings. The van der Waals surface area contributed by atoms with Crippen molar-refractivity contribution in [1.29, 1.82) is 0 Å². The lowest BCUT2D eigenvalue weighted by Gasteiger charge is -2.38. The van der Waals surface area contributed by atoms with Gasteiger partial charge in [-0.25, -0.2) is 9.37 Å². The number of halogens is 1. The Morgan fingerprint density at radius 1 is 1.40 bits per heavy atom. The summed E-state index contributed by atoms with van der Waals surface area (Å²) < 4.78 is 13.5. The fraction of sp³-hybridized carbons (Fsp3) is 0.688. The molecule has 20 heavy (non-hydrogen) atoms. The normalized spacial score (nSPS) is 23.1. The van der Waals surface area contributed by atoms with Crippen LogP contribution in [0.1, 0.15) is 45.6 Å². The van der Waals surface area contributed by atoms with Crippen molar-refractivity contribution in [2.75, 3.05) is 18.0 Å². The molecular formula is C16H26FN3. The molecule has 0 aliphatic carbocycles. The molecule has 4 heteroatoms. The van der Waals surface area contributed by atoms with Crippen molar-refractivity contribution in [3.8, 4) is 0 Å². The lowest BCUT2D eigenvalue weighted by Crippen LogP contribution is -2.42. The van der Waals surface area contributed by atoms with E-state index in [1.165, 1.54) is 19.0 Å². The van der Waals surface area contributed by atoms with Crippen LogP contribution in [0.25, 0.3) is 0 Å². The summed E-state index contributed by atoms with van der Waals surface area (Å²) in [5, 5.41) is 3.35. The third-order valence-corrected chi connectivity index (χ3v) is 4.04. The highest BCUT2D eigenvalue weighted by Gasteiger charge is 2.25.